The minimum Gasteiger partial charge on any atom is -0.359 e. The van der Waals surface area contributed by atoms with E-state index < -0.39 is 5.41 Å². The average Bonchev–Trinajstić information content (AvgIpc) is 2.46. The molecular formula is C15H23N3O2. The fourth-order valence-electron chi connectivity index (χ4n) is 1.86. The lowest BCUT2D eigenvalue weighted by molar-refractivity contribution is -0.128. The van der Waals surface area contributed by atoms with E-state index in [1.54, 1.807) is 26.2 Å². The van der Waals surface area contributed by atoms with E-state index in [-0.39, 0.29) is 11.8 Å². The molecule has 0 fully saturated rings. The van der Waals surface area contributed by atoms with Gasteiger partial charge >= 0.3 is 0 Å². The van der Waals surface area contributed by atoms with E-state index in [0.29, 0.717) is 18.7 Å². The van der Waals surface area contributed by atoms with E-state index in [1.807, 2.05) is 26.0 Å². The van der Waals surface area contributed by atoms with Crippen molar-refractivity contribution in [2.45, 2.75) is 20.4 Å². The minimum atomic E-state index is -0.448. The lowest BCUT2D eigenvalue weighted by atomic mass is 9.92. The normalized spacial score (nSPS) is 11.0. The maximum absolute atomic E-state index is 11.6. The highest BCUT2D eigenvalue weighted by molar-refractivity contribution is 5.93. The SMILES string of the molecule is CNC(=O)c1ccc(CNCC(C)(C)C(=O)NC)cc1. The second kappa shape index (κ2) is 7.05. The second-order valence-electron chi connectivity index (χ2n) is 5.34. The van der Waals surface area contributed by atoms with Gasteiger partial charge in [0.15, 0.2) is 0 Å². The molecule has 0 aromatic heterocycles. The Balaban J connectivity index is 2.51. The van der Waals surface area contributed by atoms with Crippen molar-refractivity contribution in [3.05, 3.63) is 35.4 Å². The summed E-state index contributed by atoms with van der Waals surface area (Å²) in [6.45, 7) is 5.04. The Labute approximate surface area is 120 Å². The molecule has 0 aliphatic carbocycles. The zero-order valence-electron chi connectivity index (χ0n) is 12.5. The predicted octanol–water partition coefficient (Wildman–Crippen LogP) is 0.908. The fraction of sp³-hybridized carbons (Fsp3) is 0.467. The quantitative estimate of drug-likeness (QED) is 0.724. The summed E-state index contributed by atoms with van der Waals surface area (Å²) in [5.41, 5.74) is 1.27. The maximum atomic E-state index is 11.6. The molecule has 20 heavy (non-hydrogen) atoms. The van der Waals surface area contributed by atoms with Gasteiger partial charge in [-0.1, -0.05) is 12.1 Å². The molecule has 0 saturated heterocycles. The van der Waals surface area contributed by atoms with Crippen molar-refractivity contribution in [3.8, 4) is 0 Å². The zero-order valence-corrected chi connectivity index (χ0v) is 12.5. The summed E-state index contributed by atoms with van der Waals surface area (Å²) >= 11 is 0. The van der Waals surface area contributed by atoms with Crippen LogP contribution in [-0.4, -0.2) is 32.5 Å². The van der Waals surface area contributed by atoms with Gasteiger partial charge in [-0.2, -0.15) is 0 Å². The lowest BCUT2D eigenvalue weighted by Crippen LogP contribution is -2.41. The Morgan fingerprint density at radius 1 is 1.05 bits per heavy atom. The first-order valence-electron chi connectivity index (χ1n) is 6.64. The molecule has 2 amide bonds. The monoisotopic (exact) mass is 277 g/mol. The van der Waals surface area contributed by atoms with Crippen molar-refractivity contribution >= 4 is 11.8 Å². The molecule has 5 heteroatoms. The van der Waals surface area contributed by atoms with Crippen LogP contribution in [0.1, 0.15) is 29.8 Å². The lowest BCUT2D eigenvalue weighted by Gasteiger charge is -2.22. The molecule has 0 spiro atoms. The van der Waals surface area contributed by atoms with Gasteiger partial charge in [-0.25, -0.2) is 0 Å². The van der Waals surface area contributed by atoms with E-state index >= 15 is 0 Å². The number of rotatable bonds is 6. The Bertz CT molecular complexity index is 467. The summed E-state index contributed by atoms with van der Waals surface area (Å²) in [5, 5.41) is 8.50. The second-order valence-corrected chi connectivity index (χ2v) is 5.34. The van der Waals surface area contributed by atoms with Crippen molar-refractivity contribution in [1.82, 2.24) is 16.0 Å². The number of amides is 2. The van der Waals surface area contributed by atoms with E-state index in [9.17, 15) is 9.59 Å². The van der Waals surface area contributed by atoms with Crippen molar-refractivity contribution in [2.24, 2.45) is 5.41 Å². The largest absolute Gasteiger partial charge is 0.359 e. The van der Waals surface area contributed by atoms with Gasteiger partial charge in [-0.05, 0) is 31.5 Å². The summed E-state index contributed by atoms with van der Waals surface area (Å²) in [5.74, 6) is -0.0785. The van der Waals surface area contributed by atoms with Crippen LogP contribution >= 0.6 is 0 Å². The minimum absolute atomic E-state index is 0.0139. The first kappa shape index (κ1) is 16.2. The summed E-state index contributed by atoms with van der Waals surface area (Å²) in [6.07, 6.45) is 0. The molecule has 0 aliphatic rings. The molecule has 0 bridgehead atoms. The Hall–Kier alpha value is -1.88. The van der Waals surface area contributed by atoms with Gasteiger partial charge in [-0.15, -0.1) is 0 Å². The van der Waals surface area contributed by atoms with Crippen LogP contribution in [-0.2, 0) is 11.3 Å². The zero-order chi connectivity index (χ0) is 15.2. The standard InChI is InChI=1S/C15H23N3O2/c1-15(2,14(20)17-4)10-18-9-11-5-7-12(8-6-11)13(19)16-3/h5-8,18H,9-10H2,1-4H3,(H,16,19)(H,17,20). The number of carbonyl (C=O) groups excluding carboxylic acids is 2. The molecule has 5 nitrogen and oxygen atoms in total. The van der Waals surface area contributed by atoms with Gasteiger partial charge in [0.25, 0.3) is 5.91 Å². The first-order chi connectivity index (χ1) is 9.40. The molecule has 1 aromatic carbocycles. The van der Waals surface area contributed by atoms with Crippen molar-refractivity contribution in [1.29, 1.82) is 0 Å². The van der Waals surface area contributed by atoms with Crippen molar-refractivity contribution in [2.75, 3.05) is 20.6 Å². The molecule has 0 aliphatic heterocycles. The number of nitrogens with one attached hydrogen (secondary N) is 3. The predicted molar refractivity (Wildman–Crippen MR) is 79.4 cm³/mol. The number of benzene rings is 1. The van der Waals surface area contributed by atoms with E-state index in [4.69, 9.17) is 0 Å². The van der Waals surface area contributed by atoms with Crippen LogP contribution in [0.5, 0.6) is 0 Å². The van der Waals surface area contributed by atoms with Gasteiger partial charge in [0.1, 0.15) is 0 Å². The highest BCUT2D eigenvalue weighted by atomic mass is 16.2. The molecule has 0 unspecified atom stereocenters. The van der Waals surface area contributed by atoms with Gasteiger partial charge < -0.3 is 16.0 Å². The number of hydrogen-bond donors (Lipinski definition) is 3. The van der Waals surface area contributed by atoms with Crippen LogP contribution in [0.3, 0.4) is 0 Å². The first-order valence-corrected chi connectivity index (χ1v) is 6.64. The van der Waals surface area contributed by atoms with Gasteiger partial charge in [0, 0.05) is 32.7 Å². The Morgan fingerprint density at radius 3 is 2.15 bits per heavy atom. The molecule has 1 rings (SSSR count). The van der Waals surface area contributed by atoms with E-state index in [0.717, 1.165) is 5.56 Å². The van der Waals surface area contributed by atoms with E-state index in [2.05, 4.69) is 16.0 Å². The molecule has 0 heterocycles. The highest BCUT2D eigenvalue weighted by Crippen LogP contribution is 2.13. The molecule has 0 radical (unpaired) electrons. The Kier molecular flexibility index (Phi) is 5.70. The molecule has 0 atom stereocenters. The van der Waals surface area contributed by atoms with Crippen LogP contribution in [0.15, 0.2) is 24.3 Å². The summed E-state index contributed by atoms with van der Waals surface area (Å²) < 4.78 is 0. The van der Waals surface area contributed by atoms with Crippen LogP contribution in [0, 0.1) is 5.41 Å². The van der Waals surface area contributed by atoms with Gasteiger partial charge in [0.05, 0.1) is 5.41 Å². The van der Waals surface area contributed by atoms with Crippen molar-refractivity contribution < 1.29 is 9.59 Å². The smallest absolute Gasteiger partial charge is 0.251 e. The van der Waals surface area contributed by atoms with E-state index in [1.165, 1.54) is 0 Å². The topological polar surface area (TPSA) is 70.2 Å². The third-order valence-electron chi connectivity index (χ3n) is 3.18. The van der Waals surface area contributed by atoms with Crippen LogP contribution in [0.25, 0.3) is 0 Å². The number of carbonyl (C=O) groups is 2. The summed E-state index contributed by atoms with van der Waals surface area (Å²) in [4.78, 5) is 23.0. The molecule has 3 N–H and O–H groups in total. The molecule has 1 aromatic rings. The maximum Gasteiger partial charge on any atom is 0.251 e. The fourth-order valence-corrected chi connectivity index (χ4v) is 1.86. The summed E-state index contributed by atoms with van der Waals surface area (Å²) in [7, 11) is 3.25. The Morgan fingerprint density at radius 2 is 1.65 bits per heavy atom. The summed E-state index contributed by atoms with van der Waals surface area (Å²) in [6, 6.07) is 7.40. The highest BCUT2D eigenvalue weighted by Gasteiger charge is 2.25. The average molecular weight is 277 g/mol. The number of hydrogen-bond acceptors (Lipinski definition) is 3. The van der Waals surface area contributed by atoms with Gasteiger partial charge in [0.2, 0.25) is 5.91 Å². The molecular weight excluding hydrogens is 254 g/mol. The van der Waals surface area contributed by atoms with Gasteiger partial charge in [-0.3, -0.25) is 9.59 Å². The molecule has 0 saturated carbocycles. The third-order valence-corrected chi connectivity index (χ3v) is 3.18. The third kappa shape index (κ3) is 4.35. The van der Waals surface area contributed by atoms with Crippen LogP contribution in [0.2, 0.25) is 0 Å². The van der Waals surface area contributed by atoms with Crippen LogP contribution in [0.4, 0.5) is 0 Å². The molecule has 110 valence electrons. The van der Waals surface area contributed by atoms with Crippen molar-refractivity contribution in [3.63, 3.8) is 0 Å². The van der Waals surface area contributed by atoms with Crippen LogP contribution < -0.4 is 16.0 Å².